The molecule has 0 aliphatic carbocycles. The van der Waals surface area contributed by atoms with Gasteiger partial charge in [0.05, 0.1) is 29.0 Å². The van der Waals surface area contributed by atoms with E-state index in [0.717, 1.165) is 17.0 Å². The average molecular weight is 510 g/mol. The van der Waals surface area contributed by atoms with E-state index < -0.39 is 10.8 Å². The Morgan fingerprint density at radius 1 is 0.974 bits per heavy atom. The number of aryl methyl sites for hydroxylation is 1. The molecule has 0 aliphatic heterocycles. The maximum atomic E-state index is 13.1. The van der Waals surface area contributed by atoms with Crippen LogP contribution in [0.4, 0.5) is 11.4 Å². The van der Waals surface area contributed by atoms with Crippen LogP contribution in [0.2, 0.25) is 0 Å². The first-order valence-electron chi connectivity index (χ1n) is 11.8. The molecule has 5 rings (SSSR count). The van der Waals surface area contributed by atoms with Crippen molar-refractivity contribution < 1.29 is 19.2 Å². The van der Waals surface area contributed by atoms with Gasteiger partial charge >= 0.3 is 0 Å². The summed E-state index contributed by atoms with van der Waals surface area (Å²) in [5.74, 6) is 0.796. The number of nitro groups is 1. The standard InChI is InChI=1S/C28H23N5O5/c1-3-37-22-9-11-23(12-10-22)38-24-15-20(14-21(16-24)33(35)36)29-28(34)26-17-27-30-25(13-18(2)32(27)31-26)19-7-5-4-6-8-19/h4-17H,3H2,1-2H3,(H,29,34). The zero-order chi connectivity index (χ0) is 26.6. The smallest absolute Gasteiger partial charge is 0.276 e. The predicted molar refractivity (Wildman–Crippen MR) is 142 cm³/mol. The molecular weight excluding hydrogens is 486 g/mol. The normalized spacial score (nSPS) is 10.8. The van der Waals surface area contributed by atoms with Crippen LogP contribution in [0.5, 0.6) is 17.2 Å². The van der Waals surface area contributed by atoms with E-state index in [2.05, 4.69) is 15.4 Å². The molecule has 2 aromatic heterocycles. The van der Waals surface area contributed by atoms with Gasteiger partial charge in [0, 0.05) is 29.5 Å². The molecule has 0 unspecified atom stereocenters. The Kier molecular flexibility index (Phi) is 6.68. The van der Waals surface area contributed by atoms with Crippen molar-refractivity contribution in [3.05, 3.63) is 106 Å². The van der Waals surface area contributed by atoms with Crippen LogP contribution in [0.3, 0.4) is 0 Å². The maximum absolute atomic E-state index is 13.1. The van der Waals surface area contributed by atoms with Crippen LogP contribution in [0.25, 0.3) is 16.9 Å². The van der Waals surface area contributed by atoms with Crippen molar-refractivity contribution in [2.45, 2.75) is 13.8 Å². The van der Waals surface area contributed by atoms with Crippen LogP contribution in [0.15, 0.2) is 84.9 Å². The van der Waals surface area contributed by atoms with Crippen LogP contribution < -0.4 is 14.8 Å². The van der Waals surface area contributed by atoms with E-state index in [-0.39, 0.29) is 22.8 Å². The number of hydrogen-bond donors (Lipinski definition) is 1. The summed E-state index contributed by atoms with van der Waals surface area (Å²) in [5.41, 5.74) is 3.09. The third kappa shape index (κ3) is 5.29. The number of rotatable bonds is 8. The zero-order valence-corrected chi connectivity index (χ0v) is 20.6. The van der Waals surface area contributed by atoms with Crippen molar-refractivity contribution in [1.29, 1.82) is 0 Å². The number of carbonyl (C=O) groups is 1. The second kappa shape index (κ2) is 10.4. The van der Waals surface area contributed by atoms with Gasteiger partial charge in [0.1, 0.15) is 17.2 Å². The number of fused-ring (bicyclic) bond motifs is 1. The molecule has 0 fully saturated rings. The van der Waals surface area contributed by atoms with Gasteiger partial charge in [0.15, 0.2) is 11.3 Å². The lowest BCUT2D eigenvalue weighted by atomic mass is 10.1. The molecule has 5 aromatic rings. The summed E-state index contributed by atoms with van der Waals surface area (Å²) in [4.78, 5) is 28.7. The van der Waals surface area contributed by atoms with E-state index in [1.165, 1.54) is 18.2 Å². The Hall–Kier alpha value is -5.25. The molecule has 2 heterocycles. The van der Waals surface area contributed by atoms with E-state index >= 15 is 0 Å². The van der Waals surface area contributed by atoms with Crippen molar-refractivity contribution in [1.82, 2.24) is 14.6 Å². The quantitative estimate of drug-likeness (QED) is 0.199. The lowest BCUT2D eigenvalue weighted by Gasteiger charge is -2.10. The van der Waals surface area contributed by atoms with E-state index in [0.29, 0.717) is 23.8 Å². The Bertz CT molecular complexity index is 1630. The Labute approximate surface area is 217 Å². The molecule has 10 heteroatoms. The van der Waals surface area contributed by atoms with Gasteiger partial charge in [0.25, 0.3) is 11.6 Å². The molecular formula is C28H23N5O5. The van der Waals surface area contributed by atoms with Crippen LogP contribution in [0, 0.1) is 17.0 Å². The molecule has 0 saturated carbocycles. The SMILES string of the molecule is CCOc1ccc(Oc2cc(NC(=O)c3cc4nc(-c5ccccc5)cc(C)n4n3)cc([N+](=O)[O-])c2)cc1. The maximum Gasteiger partial charge on any atom is 0.276 e. The van der Waals surface area contributed by atoms with Gasteiger partial charge in [0.2, 0.25) is 0 Å². The lowest BCUT2D eigenvalue weighted by Crippen LogP contribution is -2.13. The van der Waals surface area contributed by atoms with Gasteiger partial charge in [-0.1, -0.05) is 30.3 Å². The molecule has 0 saturated heterocycles. The average Bonchev–Trinajstić information content (AvgIpc) is 3.36. The first-order valence-corrected chi connectivity index (χ1v) is 11.8. The number of non-ortho nitro benzene ring substituents is 1. The fourth-order valence-electron chi connectivity index (χ4n) is 3.91. The molecule has 38 heavy (non-hydrogen) atoms. The predicted octanol–water partition coefficient (Wildman–Crippen LogP) is 6.06. The van der Waals surface area contributed by atoms with E-state index in [9.17, 15) is 14.9 Å². The summed E-state index contributed by atoms with van der Waals surface area (Å²) in [6.07, 6.45) is 0. The van der Waals surface area contributed by atoms with Crippen LogP contribution in [0.1, 0.15) is 23.1 Å². The second-order valence-corrected chi connectivity index (χ2v) is 8.38. The first kappa shape index (κ1) is 24.4. The van der Waals surface area contributed by atoms with Crippen LogP contribution in [-0.4, -0.2) is 32.0 Å². The summed E-state index contributed by atoms with van der Waals surface area (Å²) in [6.45, 7) is 4.29. The lowest BCUT2D eigenvalue weighted by molar-refractivity contribution is -0.384. The Morgan fingerprint density at radius 2 is 1.71 bits per heavy atom. The minimum Gasteiger partial charge on any atom is -0.494 e. The van der Waals surface area contributed by atoms with Crippen molar-refractivity contribution in [3.63, 3.8) is 0 Å². The van der Waals surface area contributed by atoms with Gasteiger partial charge in [-0.05, 0) is 44.2 Å². The topological polar surface area (TPSA) is 121 Å². The number of hydrogen-bond acceptors (Lipinski definition) is 7. The van der Waals surface area contributed by atoms with Crippen molar-refractivity contribution in [2.75, 3.05) is 11.9 Å². The molecule has 0 spiro atoms. The van der Waals surface area contributed by atoms with Crippen molar-refractivity contribution in [3.8, 4) is 28.5 Å². The van der Waals surface area contributed by atoms with E-state index in [1.807, 2.05) is 50.2 Å². The molecule has 190 valence electrons. The third-order valence-corrected chi connectivity index (χ3v) is 5.64. The number of benzene rings is 3. The highest BCUT2D eigenvalue weighted by atomic mass is 16.6. The number of carbonyl (C=O) groups excluding carboxylic acids is 1. The minimum atomic E-state index is -0.552. The van der Waals surface area contributed by atoms with E-state index in [4.69, 9.17) is 9.47 Å². The molecule has 0 atom stereocenters. The fourth-order valence-corrected chi connectivity index (χ4v) is 3.91. The summed E-state index contributed by atoms with van der Waals surface area (Å²) in [7, 11) is 0. The number of amides is 1. The number of aromatic nitrogens is 3. The number of nitrogens with one attached hydrogen (secondary N) is 1. The van der Waals surface area contributed by atoms with Gasteiger partial charge in [-0.3, -0.25) is 14.9 Å². The molecule has 0 aliphatic rings. The largest absolute Gasteiger partial charge is 0.494 e. The first-order chi connectivity index (χ1) is 18.4. The Morgan fingerprint density at radius 3 is 2.42 bits per heavy atom. The zero-order valence-electron chi connectivity index (χ0n) is 20.6. The summed E-state index contributed by atoms with van der Waals surface area (Å²) in [6, 6.07) is 24.1. The third-order valence-electron chi connectivity index (χ3n) is 5.64. The molecule has 1 N–H and O–H groups in total. The fraction of sp³-hybridized carbons (Fsp3) is 0.107. The molecule has 0 bridgehead atoms. The molecule has 1 amide bonds. The molecule has 0 radical (unpaired) electrons. The number of nitro benzene ring substituents is 1. The number of ether oxygens (including phenoxy) is 2. The summed E-state index contributed by atoms with van der Waals surface area (Å²) >= 11 is 0. The number of nitrogens with zero attached hydrogens (tertiary/aromatic N) is 4. The van der Waals surface area contributed by atoms with Crippen molar-refractivity contribution in [2.24, 2.45) is 0 Å². The van der Waals surface area contributed by atoms with Gasteiger partial charge in [-0.15, -0.1) is 0 Å². The van der Waals surface area contributed by atoms with Crippen LogP contribution >= 0.6 is 0 Å². The number of anilines is 1. The van der Waals surface area contributed by atoms with Crippen LogP contribution in [-0.2, 0) is 0 Å². The highest BCUT2D eigenvalue weighted by Gasteiger charge is 2.17. The summed E-state index contributed by atoms with van der Waals surface area (Å²) in [5, 5.41) is 18.6. The van der Waals surface area contributed by atoms with Crippen molar-refractivity contribution >= 4 is 22.9 Å². The second-order valence-electron chi connectivity index (χ2n) is 8.38. The van der Waals surface area contributed by atoms with Gasteiger partial charge in [-0.25, -0.2) is 9.50 Å². The monoisotopic (exact) mass is 509 g/mol. The van der Waals surface area contributed by atoms with Gasteiger partial charge < -0.3 is 14.8 Å². The minimum absolute atomic E-state index is 0.117. The highest BCUT2D eigenvalue weighted by molar-refractivity contribution is 6.03. The Balaban J connectivity index is 1.40. The van der Waals surface area contributed by atoms with E-state index in [1.54, 1.807) is 34.8 Å². The summed E-state index contributed by atoms with van der Waals surface area (Å²) < 4.78 is 12.8. The van der Waals surface area contributed by atoms with Gasteiger partial charge in [-0.2, -0.15) is 5.10 Å². The molecule has 3 aromatic carbocycles. The highest BCUT2D eigenvalue weighted by Crippen LogP contribution is 2.31. The molecule has 10 nitrogen and oxygen atoms in total.